The van der Waals surface area contributed by atoms with Crippen molar-refractivity contribution in [1.29, 1.82) is 0 Å². The number of methoxy groups -OCH3 is 1. The molecule has 0 aromatic heterocycles. The summed E-state index contributed by atoms with van der Waals surface area (Å²) in [5, 5.41) is 23.2. The van der Waals surface area contributed by atoms with Gasteiger partial charge in [-0.25, -0.2) is 4.79 Å². The Balaban J connectivity index is 1.57. The van der Waals surface area contributed by atoms with E-state index in [1.54, 1.807) is 24.3 Å². The summed E-state index contributed by atoms with van der Waals surface area (Å²) >= 11 is 0. The zero-order chi connectivity index (χ0) is 28.8. The number of hydrogen-bond donors (Lipinski definition) is 1. The molecule has 1 fully saturated rings. The molecule has 0 saturated carbocycles. The van der Waals surface area contributed by atoms with Crippen LogP contribution in [-0.2, 0) is 15.1 Å². The highest BCUT2D eigenvalue weighted by molar-refractivity contribution is 5.89. The summed E-state index contributed by atoms with van der Waals surface area (Å²) in [5.41, 5.74) is 2.93. The van der Waals surface area contributed by atoms with Gasteiger partial charge in [-0.1, -0.05) is 103 Å². The van der Waals surface area contributed by atoms with Gasteiger partial charge in [0.25, 0.3) is 0 Å². The van der Waals surface area contributed by atoms with Crippen LogP contribution in [0.4, 0.5) is 4.79 Å². The number of carbonyl (C=O) groups is 2. The largest absolute Gasteiger partial charge is 0.530 e. The molecule has 0 aliphatic carbocycles. The van der Waals surface area contributed by atoms with E-state index in [-0.39, 0.29) is 19.7 Å². The number of nitrogens with zero attached hydrogens (tertiary/aromatic N) is 1. The van der Waals surface area contributed by atoms with E-state index in [0.717, 1.165) is 27.2 Å². The third-order valence-electron chi connectivity index (χ3n) is 7.81. The van der Waals surface area contributed by atoms with Crippen molar-refractivity contribution in [2.45, 2.75) is 17.6 Å². The zero-order valence-electron chi connectivity index (χ0n) is 22.8. The summed E-state index contributed by atoms with van der Waals surface area (Å²) in [6.07, 6.45) is -2.34. The van der Waals surface area contributed by atoms with E-state index in [1.165, 1.54) is 7.11 Å². The van der Waals surface area contributed by atoms with E-state index in [2.05, 4.69) is 0 Å². The molecule has 1 amide bonds. The fraction of sp³-hybridized carbons (Fsp3) is 0.235. The van der Waals surface area contributed by atoms with Gasteiger partial charge in [0.1, 0.15) is 11.7 Å². The quantitative estimate of drug-likeness (QED) is 0.261. The second kappa shape index (κ2) is 12.4. The van der Waals surface area contributed by atoms with Crippen molar-refractivity contribution < 1.29 is 29.3 Å². The number of carboxylic acid groups (broad SMARTS) is 1. The fourth-order valence-corrected chi connectivity index (χ4v) is 5.88. The number of amides is 1. The first kappa shape index (κ1) is 28.1. The molecule has 7 nitrogen and oxygen atoms in total. The maximum Gasteiger partial charge on any atom is 0.337 e. The Morgan fingerprint density at radius 2 is 1.29 bits per heavy atom. The molecular weight excluding hydrogens is 518 g/mol. The van der Waals surface area contributed by atoms with Crippen LogP contribution in [0.1, 0.15) is 38.5 Å². The van der Waals surface area contributed by atoms with Gasteiger partial charge >= 0.3 is 5.97 Å². The summed E-state index contributed by atoms with van der Waals surface area (Å²) < 4.78 is 11.8. The fourth-order valence-electron chi connectivity index (χ4n) is 5.88. The zero-order valence-corrected chi connectivity index (χ0v) is 22.8. The standard InChI is InChI=1S/C34H33NO6/c1-40-32(37)25-19-17-24(18-20-25)31-26(21-35(33(38)39)22-30(31)36)23-41-34(27-11-5-2-6-12-27,28-13-7-3-8-14-28)29-15-9-4-10-16-29/h2-20,26,30-31,36H,21-23H2,1H3,(H,38,39)/p-1. The van der Waals surface area contributed by atoms with Crippen molar-refractivity contribution in [3.63, 3.8) is 0 Å². The number of likely N-dealkylation sites (tertiary alicyclic amines) is 1. The lowest BCUT2D eigenvalue weighted by Crippen LogP contribution is -2.55. The normalized spacial score (nSPS) is 19.0. The molecule has 4 aromatic rings. The Kier molecular flexibility index (Phi) is 8.47. The van der Waals surface area contributed by atoms with Gasteiger partial charge in [0.15, 0.2) is 0 Å². The monoisotopic (exact) mass is 550 g/mol. The lowest BCUT2D eigenvalue weighted by molar-refractivity contribution is -0.269. The minimum atomic E-state index is -1.34. The van der Waals surface area contributed by atoms with Crippen LogP contribution >= 0.6 is 0 Å². The SMILES string of the molecule is COC(=O)c1ccc(C2C(O)CN(C(=O)[O-])CC2COC(c2ccccc2)(c2ccccc2)c2ccccc2)cc1. The second-order valence-electron chi connectivity index (χ2n) is 10.2. The molecule has 3 atom stereocenters. The van der Waals surface area contributed by atoms with Gasteiger partial charge in [-0.15, -0.1) is 0 Å². The number of aliphatic hydroxyl groups is 1. The van der Waals surface area contributed by atoms with Crippen LogP contribution in [0.5, 0.6) is 0 Å². The number of aliphatic hydroxyl groups excluding tert-OH is 1. The molecule has 1 aliphatic heterocycles. The summed E-state index contributed by atoms with van der Waals surface area (Å²) in [6.45, 7) is 0.170. The first-order valence-corrected chi connectivity index (χ1v) is 13.6. The van der Waals surface area contributed by atoms with Gasteiger partial charge in [0.05, 0.1) is 25.4 Å². The number of β-amino-alcohol motifs (C(OH)–C–C–N with tert-alkyl or cyclic N) is 1. The van der Waals surface area contributed by atoms with Crippen molar-refractivity contribution in [1.82, 2.24) is 4.90 Å². The Hall–Kier alpha value is -4.46. The molecule has 0 radical (unpaired) electrons. The van der Waals surface area contributed by atoms with Gasteiger partial charge in [-0.3, -0.25) is 0 Å². The minimum absolute atomic E-state index is 0.0799. The molecule has 1 saturated heterocycles. The van der Waals surface area contributed by atoms with Crippen LogP contribution < -0.4 is 5.11 Å². The minimum Gasteiger partial charge on any atom is -0.530 e. The predicted octanol–water partition coefficient (Wildman–Crippen LogP) is 4.20. The number of ether oxygens (including phenoxy) is 2. The van der Waals surface area contributed by atoms with E-state index >= 15 is 0 Å². The number of hydrogen-bond acceptors (Lipinski definition) is 6. The highest BCUT2D eigenvalue weighted by Gasteiger charge is 2.42. The second-order valence-corrected chi connectivity index (χ2v) is 10.2. The van der Waals surface area contributed by atoms with Crippen molar-refractivity contribution in [3.8, 4) is 0 Å². The van der Waals surface area contributed by atoms with Crippen molar-refractivity contribution >= 4 is 12.1 Å². The van der Waals surface area contributed by atoms with Crippen LogP contribution in [0, 0.1) is 5.92 Å². The summed E-state index contributed by atoms with van der Waals surface area (Å²) in [6, 6.07) is 36.6. The van der Waals surface area contributed by atoms with Gasteiger partial charge in [0, 0.05) is 24.9 Å². The number of benzene rings is 4. The first-order valence-electron chi connectivity index (χ1n) is 13.6. The Labute approximate surface area is 239 Å². The van der Waals surface area contributed by atoms with E-state index in [0.29, 0.717) is 5.56 Å². The van der Waals surface area contributed by atoms with E-state index in [9.17, 15) is 19.8 Å². The third kappa shape index (κ3) is 5.73. The molecule has 4 aromatic carbocycles. The number of piperidine rings is 1. The van der Waals surface area contributed by atoms with Gasteiger partial charge < -0.3 is 29.4 Å². The molecule has 210 valence electrons. The van der Waals surface area contributed by atoms with Crippen molar-refractivity contribution in [2.24, 2.45) is 5.92 Å². The van der Waals surface area contributed by atoms with E-state index in [1.807, 2.05) is 91.0 Å². The Bertz CT molecular complexity index is 1350. The molecule has 7 heteroatoms. The van der Waals surface area contributed by atoms with Crippen molar-refractivity contribution in [2.75, 3.05) is 26.8 Å². The molecule has 0 spiro atoms. The molecule has 1 heterocycles. The number of esters is 1. The lowest BCUT2D eigenvalue weighted by Gasteiger charge is -2.45. The third-order valence-corrected chi connectivity index (χ3v) is 7.81. The van der Waals surface area contributed by atoms with Crippen molar-refractivity contribution in [3.05, 3.63) is 143 Å². The smallest absolute Gasteiger partial charge is 0.337 e. The number of carbonyl (C=O) groups excluding carboxylic acids is 2. The Morgan fingerprint density at radius 3 is 1.73 bits per heavy atom. The first-order chi connectivity index (χ1) is 19.9. The molecule has 1 aliphatic rings. The number of rotatable bonds is 8. The average molecular weight is 551 g/mol. The maximum absolute atomic E-state index is 12.0. The van der Waals surface area contributed by atoms with Crippen LogP contribution in [0.15, 0.2) is 115 Å². The molecule has 0 bridgehead atoms. The van der Waals surface area contributed by atoms with Crippen LogP contribution in [-0.4, -0.2) is 55.0 Å². The predicted molar refractivity (Wildman–Crippen MR) is 152 cm³/mol. The van der Waals surface area contributed by atoms with Crippen LogP contribution in [0.25, 0.3) is 0 Å². The highest BCUT2D eigenvalue weighted by Crippen LogP contribution is 2.42. The molecule has 41 heavy (non-hydrogen) atoms. The van der Waals surface area contributed by atoms with Gasteiger partial charge in [-0.2, -0.15) is 0 Å². The Morgan fingerprint density at radius 1 is 0.805 bits per heavy atom. The van der Waals surface area contributed by atoms with E-state index in [4.69, 9.17) is 9.47 Å². The van der Waals surface area contributed by atoms with Crippen LogP contribution in [0.2, 0.25) is 0 Å². The van der Waals surface area contributed by atoms with Gasteiger partial charge in [0.2, 0.25) is 0 Å². The highest BCUT2D eigenvalue weighted by atomic mass is 16.5. The lowest BCUT2D eigenvalue weighted by atomic mass is 9.77. The van der Waals surface area contributed by atoms with Crippen LogP contribution in [0.3, 0.4) is 0 Å². The summed E-state index contributed by atoms with van der Waals surface area (Å²) in [4.78, 5) is 25.0. The topological polar surface area (TPSA) is 99.1 Å². The molecule has 5 rings (SSSR count). The molecule has 3 unspecified atom stereocenters. The van der Waals surface area contributed by atoms with E-state index < -0.39 is 35.6 Å². The van der Waals surface area contributed by atoms with Gasteiger partial charge in [-0.05, 0) is 34.4 Å². The average Bonchev–Trinajstić information content (AvgIpc) is 3.02. The molecular formula is C34H32NO6-. The summed E-state index contributed by atoms with van der Waals surface area (Å²) in [5.74, 6) is -1.32. The maximum atomic E-state index is 12.0. The summed E-state index contributed by atoms with van der Waals surface area (Å²) in [7, 11) is 1.32. The molecule has 1 N–H and O–H groups in total.